The molecule has 0 spiro atoms. The maximum Gasteiger partial charge on any atom is 3.00 e. The summed E-state index contributed by atoms with van der Waals surface area (Å²) in [5.74, 6) is -7.79. The minimum atomic E-state index is -5.32. The van der Waals surface area contributed by atoms with E-state index < -0.39 is 149 Å². The van der Waals surface area contributed by atoms with Crippen molar-refractivity contribution >= 4 is 94.8 Å². The van der Waals surface area contributed by atoms with Gasteiger partial charge in [-0.15, -0.1) is 11.6 Å². The zero-order valence-electron chi connectivity index (χ0n) is 63.0. The second-order valence-corrected chi connectivity index (χ2v) is 32.2. The molecule has 35 heteroatoms. The number of benzene rings is 2. The number of aliphatic hydroxyl groups excluding tert-OH is 2. The summed E-state index contributed by atoms with van der Waals surface area (Å²) in [6, 6.07) is 5.90. The van der Waals surface area contributed by atoms with Gasteiger partial charge >= 0.3 is 16.8 Å². The number of hydrogen-bond donors (Lipinski definition) is 10. The molecule has 31 nitrogen and oxygen atoms in total. The number of carbonyl (C=O) groups is 8. The van der Waals surface area contributed by atoms with Gasteiger partial charge in [0.2, 0.25) is 41.4 Å². The topological polar surface area (TPSA) is 527 Å². The molecule has 3 aromatic rings. The zero-order chi connectivity index (χ0) is 80.2. The van der Waals surface area contributed by atoms with Crippen molar-refractivity contribution in [3.8, 4) is 5.75 Å². The van der Waals surface area contributed by atoms with Crippen LogP contribution in [0, 0.1) is 76.8 Å². The van der Waals surface area contributed by atoms with Crippen molar-refractivity contribution in [3.63, 3.8) is 0 Å². The number of phosphoric acid groups is 1. The van der Waals surface area contributed by atoms with E-state index in [1.807, 2.05) is 80.5 Å². The molecule has 7 aliphatic rings. The van der Waals surface area contributed by atoms with Crippen LogP contribution < -0.4 is 54.7 Å². The fourth-order valence-electron chi connectivity index (χ4n) is 16.9. The molecule has 0 saturated carbocycles. The smallest absolute Gasteiger partial charge is 0.756 e. The monoisotopic (exact) mass is 1600 g/mol. The van der Waals surface area contributed by atoms with E-state index in [0.717, 1.165) is 11.1 Å². The molecular weight excluding hydrogens is 1500 g/mol. The normalized spacial score (nSPS) is 30.3. The van der Waals surface area contributed by atoms with Crippen molar-refractivity contribution in [3.05, 3.63) is 105 Å². The largest absolute Gasteiger partial charge is 3.00 e. The Labute approximate surface area is 647 Å². The molecule has 8 amide bonds. The first kappa shape index (κ1) is 87.9. The number of aryl methyl sites for hydroxylation is 2. The number of nitrogens with two attached hydrogens (primary N) is 6. The van der Waals surface area contributed by atoms with Crippen LogP contribution in [0.4, 0.5) is 4.39 Å². The fourth-order valence-corrected chi connectivity index (χ4v) is 18.2. The maximum absolute atomic E-state index is 14.4. The summed E-state index contributed by atoms with van der Waals surface area (Å²) < 4.78 is 50.9. The standard InChI is InChI=1S/C62H90N13O14P.C11H11ClFNO2.CN.Co/c1-29-20-39-40(21-30(29)2)75(28-70-39)57-52(84)53(41(27-76)87-57)89-90(85,86)88-31(3)26-69-49(83)18-19-59(8)37(22-46(66)80)56-62(11)61(10,25-48(68)82)36(14-17-45(65)79)51(74-62)33(5)55-60(9,24-47(67)81)34(12-15-43(63)77)38(71-55)23-42-58(6,7)35(13-16-44(64)78)50(72-42)32(4)54(59)73-56;12-4-1-5-16-8-3-2-7-6-14-11(15)9(7)10(8)13;1-2;/h20-21,23,28,31,34-37,41,52-53,56-57,76,84H,12-19,22,24-27H2,1-11H3,(H15,63,64,65,66,67,68,69,71,72,73,74,77,78,79,80,81,82,83,85,86);2-3H,1,4-6H2,(H,14,15);;/q;;-1;+3/p-2/t31?,34-,35-,36-,37+,41-,52-,53-,56-,57+,59-,60+,61+,62+;;;/m1.../s1. The van der Waals surface area contributed by atoms with Crippen LogP contribution in [0.3, 0.4) is 0 Å². The number of halogens is 2. The Kier molecular flexibility index (Phi) is 28.2. The van der Waals surface area contributed by atoms with Gasteiger partial charge in [-0.2, -0.15) is 5.70 Å². The van der Waals surface area contributed by atoms with Crippen LogP contribution in [0.15, 0.2) is 79.9 Å². The summed E-state index contributed by atoms with van der Waals surface area (Å²) >= 11 is 5.49. The Hall–Kier alpha value is -8.29. The van der Waals surface area contributed by atoms with Crippen LogP contribution in [-0.4, -0.2) is 146 Å². The number of aliphatic imine (C=N–C) groups is 3. The molecule has 0 aliphatic carbocycles. The average molecular weight is 1600 g/mol. The summed E-state index contributed by atoms with van der Waals surface area (Å²) in [6.07, 6.45) is -4.15. The minimum Gasteiger partial charge on any atom is -0.756 e. The van der Waals surface area contributed by atoms with Crippen molar-refractivity contribution in [2.24, 2.45) is 94.7 Å². The van der Waals surface area contributed by atoms with E-state index in [-0.39, 0.29) is 111 Å². The van der Waals surface area contributed by atoms with Crippen LogP contribution >= 0.6 is 19.4 Å². The van der Waals surface area contributed by atoms with Gasteiger partial charge in [0.1, 0.15) is 18.3 Å². The molecule has 10 rings (SSSR count). The number of aromatic nitrogens is 2. The van der Waals surface area contributed by atoms with Gasteiger partial charge < -0.3 is 100 Å². The summed E-state index contributed by atoms with van der Waals surface area (Å²) in [5, 5.41) is 38.9. The van der Waals surface area contributed by atoms with Gasteiger partial charge in [-0.05, 0) is 136 Å². The van der Waals surface area contributed by atoms with Gasteiger partial charge in [0.25, 0.3) is 13.7 Å². The molecule has 8 bridgehead atoms. The molecule has 0 radical (unpaired) electrons. The Morgan fingerprint density at radius 1 is 0.862 bits per heavy atom. The van der Waals surface area contributed by atoms with Gasteiger partial charge in [0.15, 0.2) is 17.8 Å². The van der Waals surface area contributed by atoms with Crippen LogP contribution in [0.5, 0.6) is 5.75 Å². The number of phosphoric ester groups is 1. The number of alkyl halides is 1. The van der Waals surface area contributed by atoms with Gasteiger partial charge in [-0.25, -0.2) is 9.37 Å². The van der Waals surface area contributed by atoms with Crippen LogP contribution in [0.1, 0.15) is 173 Å². The number of carbonyl (C=O) groups excluding carboxylic acids is 8. The summed E-state index contributed by atoms with van der Waals surface area (Å²) in [6.45, 7) is 24.4. The van der Waals surface area contributed by atoms with Crippen molar-refractivity contribution < 1.29 is 97.7 Å². The number of amides is 8. The van der Waals surface area contributed by atoms with E-state index >= 15 is 0 Å². The zero-order valence-corrected chi connectivity index (χ0v) is 65.7. The van der Waals surface area contributed by atoms with E-state index in [0.29, 0.717) is 87.4 Å². The molecule has 16 N–H and O–H groups in total. The van der Waals surface area contributed by atoms with E-state index in [4.69, 9.17) is 96.7 Å². The van der Waals surface area contributed by atoms with Crippen LogP contribution in [0.25, 0.3) is 16.4 Å². The molecule has 15 atom stereocenters. The number of imidazole rings is 1. The molecule has 8 heterocycles. The Bertz CT molecular complexity index is 4350. The number of ether oxygens (including phenoxy) is 2. The summed E-state index contributed by atoms with van der Waals surface area (Å²) in [5.41, 5.74) is 37.4. The maximum atomic E-state index is 14.4. The molecule has 2 aromatic carbocycles. The number of fused-ring (bicyclic) bond motifs is 8. The molecule has 2 fully saturated rings. The number of aliphatic hydroxyl groups is 2. The molecule has 2 unspecified atom stereocenters. The van der Waals surface area contributed by atoms with Crippen molar-refractivity contribution in [2.45, 2.75) is 202 Å². The van der Waals surface area contributed by atoms with Crippen LogP contribution in [0.2, 0.25) is 0 Å². The summed E-state index contributed by atoms with van der Waals surface area (Å²) in [4.78, 5) is 139. The van der Waals surface area contributed by atoms with Crippen molar-refractivity contribution in [2.75, 3.05) is 25.6 Å². The first-order chi connectivity index (χ1) is 50.6. The third-order valence-electron chi connectivity index (χ3n) is 22.9. The molecule has 109 heavy (non-hydrogen) atoms. The van der Waals surface area contributed by atoms with Gasteiger partial charge in [-0.3, -0.25) is 57.9 Å². The second kappa shape index (κ2) is 35.0. The number of allylic oxidation sites excluding steroid dienone is 6. The van der Waals surface area contributed by atoms with Crippen LogP contribution in [-0.2, 0) is 75.2 Å². The predicted octanol–water partition coefficient (Wildman–Crippen LogP) is 5.49. The van der Waals surface area contributed by atoms with E-state index in [9.17, 15) is 62.4 Å². The van der Waals surface area contributed by atoms with Gasteiger partial charge in [-0.1, -0.05) is 53.1 Å². The molecular formula is C74H99ClCoFN15O16P. The third-order valence-corrected chi connectivity index (χ3v) is 24.3. The molecule has 2 saturated heterocycles. The fraction of sp³-hybridized carbons (Fsp3) is 0.581. The Morgan fingerprint density at radius 3 is 2.07 bits per heavy atom. The van der Waals surface area contributed by atoms with Crippen molar-refractivity contribution in [1.82, 2.24) is 20.2 Å². The number of rotatable bonds is 30. The third kappa shape index (κ3) is 18.0. The predicted molar refractivity (Wildman–Crippen MR) is 395 cm³/mol. The molecule has 7 aliphatic heterocycles. The van der Waals surface area contributed by atoms with E-state index in [1.54, 1.807) is 19.1 Å². The number of primary amides is 6. The SMILES string of the molecule is C/C1=C2N=C(/C=C3N=C(/C(C)=C4\[N-][C@@](C)([C@@H]5N=C1[C@](C)(CCC(=O)NCC(C)OP(=O)([O-])O[C@H]1[C@@H](O)[C@@H](n6cnc7cc(C)c(C)cc76)O[C@@H]1CO)[C@H]5CC(N)=O)[C@@](C)(CC(N)=O)[C@@H]4CCC(N)=O)[C@@](C)(CC(N)=O)[C@@H]\3CCC(N)=O)C(C)(C)[C@@H]/2CCC(N)=O.O=C1NCc2ccc(OCCCCl)c(F)c21.[C-]#N.[Co+3]. The molecule has 1 aromatic heterocycles. The average Bonchev–Trinajstić information content (AvgIpc) is 1.53. The minimum absolute atomic E-state index is 0. The van der Waals surface area contributed by atoms with E-state index in [2.05, 4.69) is 15.6 Å². The first-order valence-corrected chi connectivity index (χ1v) is 37.7. The first-order valence-electron chi connectivity index (χ1n) is 35.7. The number of hydrogen-bond acceptors (Lipinski definition) is 21. The van der Waals surface area contributed by atoms with Gasteiger partial charge in [0.05, 0.1) is 42.2 Å². The van der Waals surface area contributed by atoms with E-state index in [1.165, 1.54) is 17.8 Å². The number of nitrogens with one attached hydrogen (secondary N) is 2. The quantitative estimate of drug-likeness (QED) is 0.0171. The Balaban J connectivity index is 0.000000762. The van der Waals surface area contributed by atoms with Crippen molar-refractivity contribution in [1.29, 1.82) is 5.26 Å². The Morgan fingerprint density at radius 2 is 1.48 bits per heavy atom. The van der Waals surface area contributed by atoms with Gasteiger partial charge in [0, 0.05) is 127 Å². The summed E-state index contributed by atoms with van der Waals surface area (Å²) in [7, 11) is -5.32. The second-order valence-electron chi connectivity index (χ2n) is 30.5. The molecule has 594 valence electrons. The number of nitrogens with zero attached hydrogens (tertiary/aromatic N) is 7.